The molecular weight excluding hydrogens is 188 g/mol. The summed E-state index contributed by atoms with van der Waals surface area (Å²) >= 11 is 0. The second kappa shape index (κ2) is 8.72. The maximum absolute atomic E-state index is 12.0. The molecule has 3 nitrogen and oxygen atoms in total. The minimum absolute atomic E-state index is 0.130. The molecule has 0 aliphatic carbocycles. The monoisotopic (exact) mass is 214 g/mol. The molecule has 0 aromatic rings. The zero-order valence-corrected chi connectivity index (χ0v) is 10.5. The van der Waals surface area contributed by atoms with E-state index in [4.69, 9.17) is 5.73 Å². The van der Waals surface area contributed by atoms with Crippen molar-refractivity contribution in [3.05, 3.63) is 0 Å². The van der Waals surface area contributed by atoms with E-state index in [0.29, 0.717) is 12.5 Å². The summed E-state index contributed by atoms with van der Waals surface area (Å²) in [4.78, 5) is 13.9. The van der Waals surface area contributed by atoms with Crippen LogP contribution in [0, 0.1) is 5.92 Å². The largest absolute Gasteiger partial charge is 0.343 e. The fourth-order valence-electron chi connectivity index (χ4n) is 1.63. The molecule has 0 heterocycles. The topological polar surface area (TPSA) is 46.3 Å². The van der Waals surface area contributed by atoms with E-state index in [2.05, 4.69) is 6.92 Å². The molecule has 1 atom stereocenters. The third kappa shape index (κ3) is 5.78. The van der Waals surface area contributed by atoms with Gasteiger partial charge in [0, 0.05) is 19.0 Å². The van der Waals surface area contributed by atoms with Crippen molar-refractivity contribution < 1.29 is 4.79 Å². The number of rotatable bonds is 8. The van der Waals surface area contributed by atoms with Gasteiger partial charge in [0.25, 0.3) is 0 Å². The number of hydrogen-bond donors (Lipinski definition) is 1. The molecule has 0 aliphatic heterocycles. The summed E-state index contributed by atoms with van der Waals surface area (Å²) in [5.41, 5.74) is 5.44. The van der Waals surface area contributed by atoms with Crippen LogP contribution in [0.2, 0.25) is 0 Å². The van der Waals surface area contributed by atoms with Gasteiger partial charge in [0.2, 0.25) is 5.91 Å². The van der Waals surface area contributed by atoms with Gasteiger partial charge >= 0.3 is 0 Å². The van der Waals surface area contributed by atoms with E-state index in [-0.39, 0.29) is 5.92 Å². The molecule has 1 amide bonds. The van der Waals surface area contributed by atoms with Crippen molar-refractivity contribution in [2.75, 3.05) is 19.6 Å². The predicted octanol–water partition coefficient (Wildman–Crippen LogP) is 2.01. The van der Waals surface area contributed by atoms with E-state index >= 15 is 0 Å². The van der Waals surface area contributed by atoms with Crippen LogP contribution in [0.5, 0.6) is 0 Å². The van der Waals surface area contributed by atoms with Gasteiger partial charge in [-0.05, 0) is 32.7 Å². The lowest BCUT2D eigenvalue weighted by molar-refractivity contribution is -0.135. The third-order valence-electron chi connectivity index (χ3n) is 2.74. The fraction of sp³-hybridized carbons (Fsp3) is 0.917. The lowest BCUT2D eigenvalue weighted by Gasteiger charge is -2.24. The highest BCUT2D eigenvalue weighted by atomic mass is 16.2. The Hall–Kier alpha value is -0.570. The molecule has 0 aromatic heterocycles. The van der Waals surface area contributed by atoms with Crippen LogP contribution in [0.25, 0.3) is 0 Å². The highest BCUT2D eigenvalue weighted by Gasteiger charge is 2.17. The maximum atomic E-state index is 12.0. The van der Waals surface area contributed by atoms with Crippen LogP contribution in [-0.4, -0.2) is 30.4 Å². The number of amides is 1. The molecule has 3 heteroatoms. The van der Waals surface area contributed by atoms with Crippen molar-refractivity contribution >= 4 is 5.91 Å². The highest BCUT2D eigenvalue weighted by molar-refractivity contribution is 5.78. The van der Waals surface area contributed by atoms with Gasteiger partial charge in [-0.15, -0.1) is 0 Å². The van der Waals surface area contributed by atoms with Crippen LogP contribution in [0.4, 0.5) is 0 Å². The second-order valence-corrected chi connectivity index (χ2v) is 4.10. The average Bonchev–Trinajstić information content (AvgIpc) is 2.26. The van der Waals surface area contributed by atoms with Gasteiger partial charge in [-0.3, -0.25) is 4.79 Å². The summed E-state index contributed by atoms with van der Waals surface area (Å²) in [6.45, 7) is 8.61. The molecular formula is C12H26N2O. The Morgan fingerprint density at radius 1 is 1.33 bits per heavy atom. The van der Waals surface area contributed by atoms with Crippen LogP contribution < -0.4 is 5.73 Å². The van der Waals surface area contributed by atoms with E-state index < -0.39 is 0 Å². The van der Waals surface area contributed by atoms with Crippen LogP contribution in [0.15, 0.2) is 0 Å². The summed E-state index contributed by atoms with van der Waals surface area (Å²) in [6, 6.07) is 0. The first-order valence-corrected chi connectivity index (χ1v) is 6.16. The summed E-state index contributed by atoms with van der Waals surface area (Å²) in [5, 5.41) is 0. The Labute approximate surface area is 94.0 Å². The number of carbonyl (C=O) groups is 1. The van der Waals surface area contributed by atoms with Crippen LogP contribution >= 0.6 is 0 Å². The summed E-state index contributed by atoms with van der Waals surface area (Å²) in [7, 11) is 0. The number of hydrogen-bond acceptors (Lipinski definition) is 2. The summed E-state index contributed by atoms with van der Waals surface area (Å²) < 4.78 is 0. The third-order valence-corrected chi connectivity index (χ3v) is 2.74. The number of carbonyl (C=O) groups excluding carboxylic acids is 1. The van der Waals surface area contributed by atoms with Gasteiger partial charge in [0.05, 0.1) is 0 Å². The van der Waals surface area contributed by atoms with E-state index in [1.807, 2.05) is 18.7 Å². The maximum Gasteiger partial charge on any atom is 0.225 e. The van der Waals surface area contributed by atoms with E-state index in [9.17, 15) is 4.79 Å². The predicted molar refractivity (Wildman–Crippen MR) is 64.6 cm³/mol. The molecule has 0 rings (SSSR count). The smallest absolute Gasteiger partial charge is 0.225 e. The van der Waals surface area contributed by atoms with Gasteiger partial charge in [-0.25, -0.2) is 0 Å². The Kier molecular flexibility index (Phi) is 8.38. The molecule has 90 valence electrons. The molecule has 0 aliphatic rings. The summed E-state index contributed by atoms with van der Waals surface area (Å²) in [5.74, 6) is 0.421. The molecule has 0 aromatic carbocycles. The Balaban J connectivity index is 4.00. The zero-order valence-electron chi connectivity index (χ0n) is 10.5. The van der Waals surface area contributed by atoms with Gasteiger partial charge in [-0.1, -0.05) is 20.3 Å². The number of nitrogens with two attached hydrogens (primary N) is 1. The first kappa shape index (κ1) is 14.4. The fourth-order valence-corrected chi connectivity index (χ4v) is 1.63. The van der Waals surface area contributed by atoms with Gasteiger partial charge in [0.15, 0.2) is 0 Å². The Morgan fingerprint density at radius 2 is 2.00 bits per heavy atom. The van der Waals surface area contributed by atoms with Crippen molar-refractivity contribution in [1.29, 1.82) is 0 Å². The molecule has 0 radical (unpaired) electrons. The molecule has 0 bridgehead atoms. The lowest BCUT2D eigenvalue weighted by Crippen LogP contribution is -2.36. The quantitative estimate of drug-likeness (QED) is 0.672. The van der Waals surface area contributed by atoms with Crippen molar-refractivity contribution in [1.82, 2.24) is 4.90 Å². The van der Waals surface area contributed by atoms with Gasteiger partial charge in [-0.2, -0.15) is 0 Å². The molecule has 2 N–H and O–H groups in total. The van der Waals surface area contributed by atoms with Crippen molar-refractivity contribution in [2.45, 2.75) is 46.5 Å². The number of nitrogens with zero attached hydrogens (tertiary/aromatic N) is 1. The first-order valence-electron chi connectivity index (χ1n) is 6.16. The van der Waals surface area contributed by atoms with E-state index in [1.165, 1.54) is 0 Å². The second-order valence-electron chi connectivity index (χ2n) is 4.10. The van der Waals surface area contributed by atoms with Crippen molar-refractivity contribution in [3.63, 3.8) is 0 Å². The van der Waals surface area contributed by atoms with Crippen LogP contribution in [0.3, 0.4) is 0 Å². The molecule has 0 saturated heterocycles. The Bertz CT molecular complexity index is 171. The van der Waals surface area contributed by atoms with Crippen LogP contribution in [0.1, 0.15) is 46.5 Å². The van der Waals surface area contributed by atoms with Crippen molar-refractivity contribution in [3.8, 4) is 0 Å². The van der Waals surface area contributed by atoms with Crippen molar-refractivity contribution in [2.24, 2.45) is 11.7 Å². The van der Waals surface area contributed by atoms with E-state index in [0.717, 1.165) is 38.8 Å². The van der Waals surface area contributed by atoms with Gasteiger partial charge in [0.1, 0.15) is 0 Å². The zero-order chi connectivity index (χ0) is 11.7. The molecule has 0 fully saturated rings. The van der Waals surface area contributed by atoms with Crippen LogP contribution in [-0.2, 0) is 4.79 Å². The van der Waals surface area contributed by atoms with Gasteiger partial charge < -0.3 is 10.6 Å². The first-order chi connectivity index (χ1) is 7.17. The molecule has 15 heavy (non-hydrogen) atoms. The average molecular weight is 214 g/mol. The number of unbranched alkanes of at least 4 members (excludes halogenated alkanes) is 1. The Morgan fingerprint density at radius 3 is 2.47 bits per heavy atom. The highest BCUT2D eigenvalue weighted by Crippen LogP contribution is 2.10. The standard InChI is InChI=1S/C12H26N2O/c1-4-6-10-14(5-2)12(15)11(3)8-7-9-13/h11H,4-10,13H2,1-3H3. The minimum atomic E-state index is 0.130. The SMILES string of the molecule is CCCCN(CC)C(=O)C(C)CCCN. The molecule has 1 unspecified atom stereocenters. The lowest BCUT2D eigenvalue weighted by atomic mass is 10.0. The molecule has 0 spiro atoms. The molecule has 0 saturated carbocycles. The van der Waals surface area contributed by atoms with E-state index in [1.54, 1.807) is 0 Å². The normalized spacial score (nSPS) is 12.5. The minimum Gasteiger partial charge on any atom is -0.343 e. The summed E-state index contributed by atoms with van der Waals surface area (Å²) in [6.07, 6.45) is 4.10.